The van der Waals surface area contributed by atoms with Crippen molar-refractivity contribution in [2.24, 2.45) is 0 Å². The Labute approximate surface area is 109 Å². The van der Waals surface area contributed by atoms with E-state index < -0.39 is 11.6 Å². The standard InChI is InChI=1S/C14H14O5/c1-2-18-10-4-5-12-11(8-10)9(3-6-13(15)16)7-14(17)19-12/h4-5,7-8H,2-3,6H2,1H3,(H,15,16). The van der Waals surface area contributed by atoms with E-state index in [1.807, 2.05) is 6.92 Å². The first-order valence-corrected chi connectivity index (χ1v) is 6.01. The smallest absolute Gasteiger partial charge is 0.336 e. The predicted octanol–water partition coefficient (Wildman–Crippen LogP) is 2.21. The third kappa shape index (κ3) is 3.13. The van der Waals surface area contributed by atoms with Crippen LogP contribution in [0.1, 0.15) is 18.9 Å². The van der Waals surface area contributed by atoms with Crippen molar-refractivity contribution in [3.8, 4) is 5.75 Å². The molecule has 100 valence electrons. The van der Waals surface area contributed by atoms with Crippen LogP contribution in [0.3, 0.4) is 0 Å². The zero-order chi connectivity index (χ0) is 13.8. The van der Waals surface area contributed by atoms with Crippen molar-refractivity contribution in [2.45, 2.75) is 19.8 Å². The molecular formula is C14H14O5. The van der Waals surface area contributed by atoms with Gasteiger partial charge >= 0.3 is 11.6 Å². The van der Waals surface area contributed by atoms with Crippen LogP contribution in [0.2, 0.25) is 0 Å². The highest BCUT2D eigenvalue weighted by Crippen LogP contribution is 2.23. The molecule has 1 aromatic carbocycles. The van der Waals surface area contributed by atoms with Gasteiger partial charge in [-0.1, -0.05) is 0 Å². The van der Waals surface area contributed by atoms with Crippen LogP contribution in [-0.4, -0.2) is 17.7 Å². The van der Waals surface area contributed by atoms with Crippen LogP contribution < -0.4 is 10.4 Å². The van der Waals surface area contributed by atoms with E-state index >= 15 is 0 Å². The topological polar surface area (TPSA) is 76.7 Å². The number of rotatable bonds is 5. The van der Waals surface area contributed by atoms with E-state index in [1.165, 1.54) is 6.07 Å². The van der Waals surface area contributed by atoms with Gasteiger partial charge in [-0.25, -0.2) is 4.79 Å². The molecular weight excluding hydrogens is 248 g/mol. The zero-order valence-electron chi connectivity index (χ0n) is 10.5. The summed E-state index contributed by atoms with van der Waals surface area (Å²) in [6, 6.07) is 6.47. The number of aryl methyl sites for hydroxylation is 1. The van der Waals surface area contributed by atoms with Gasteiger partial charge in [0.25, 0.3) is 0 Å². The second-order valence-electron chi connectivity index (χ2n) is 4.08. The number of ether oxygens (including phenoxy) is 1. The Hall–Kier alpha value is -2.30. The zero-order valence-corrected chi connectivity index (χ0v) is 10.5. The monoisotopic (exact) mass is 262 g/mol. The Morgan fingerprint density at radius 3 is 2.84 bits per heavy atom. The maximum atomic E-state index is 11.4. The minimum absolute atomic E-state index is 0.0303. The Kier molecular flexibility index (Phi) is 3.85. The summed E-state index contributed by atoms with van der Waals surface area (Å²) in [5.74, 6) is -0.234. The second-order valence-corrected chi connectivity index (χ2v) is 4.08. The first-order valence-electron chi connectivity index (χ1n) is 6.01. The van der Waals surface area contributed by atoms with Gasteiger partial charge in [-0.15, -0.1) is 0 Å². The number of carboxylic acid groups (broad SMARTS) is 1. The molecule has 1 aromatic heterocycles. The summed E-state index contributed by atoms with van der Waals surface area (Å²) in [4.78, 5) is 22.1. The van der Waals surface area contributed by atoms with Gasteiger partial charge in [0.15, 0.2) is 0 Å². The van der Waals surface area contributed by atoms with Crippen molar-refractivity contribution in [3.05, 3.63) is 40.2 Å². The van der Waals surface area contributed by atoms with E-state index in [-0.39, 0.29) is 12.8 Å². The van der Waals surface area contributed by atoms with Crippen LogP contribution >= 0.6 is 0 Å². The number of aliphatic carboxylic acids is 1. The number of carbonyl (C=O) groups is 1. The molecule has 0 atom stereocenters. The van der Waals surface area contributed by atoms with Crippen molar-refractivity contribution in [3.63, 3.8) is 0 Å². The molecule has 0 aliphatic carbocycles. The van der Waals surface area contributed by atoms with Crippen LogP contribution in [-0.2, 0) is 11.2 Å². The van der Waals surface area contributed by atoms with Gasteiger partial charge in [-0.3, -0.25) is 4.79 Å². The third-order valence-corrected chi connectivity index (χ3v) is 2.72. The molecule has 5 nitrogen and oxygen atoms in total. The van der Waals surface area contributed by atoms with E-state index in [4.69, 9.17) is 14.3 Å². The number of hydrogen-bond acceptors (Lipinski definition) is 4. The summed E-state index contributed by atoms with van der Waals surface area (Å²) in [7, 11) is 0. The Morgan fingerprint density at radius 1 is 1.37 bits per heavy atom. The predicted molar refractivity (Wildman–Crippen MR) is 69.6 cm³/mol. The van der Waals surface area contributed by atoms with Gasteiger partial charge in [0.1, 0.15) is 11.3 Å². The molecule has 0 saturated heterocycles. The Bertz CT molecular complexity index is 656. The molecule has 0 radical (unpaired) electrons. The summed E-state index contributed by atoms with van der Waals surface area (Å²) in [5, 5.41) is 9.44. The Morgan fingerprint density at radius 2 is 2.16 bits per heavy atom. The molecule has 1 N–H and O–H groups in total. The van der Waals surface area contributed by atoms with E-state index in [9.17, 15) is 9.59 Å². The molecule has 0 amide bonds. The lowest BCUT2D eigenvalue weighted by molar-refractivity contribution is -0.136. The van der Waals surface area contributed by atoms with Crippen molar-refractivity contribution in [1.82, 2.24) is 0 Å². The first-order chi connectivity index (χ1) is 9.10. The molecule has 5 heteroatoms. The highest BCUT2D eigenvalue weighted by molar-refractivity contribution is 5.82. The molecule has 2 rings (SSSR count). The number of hydrogen-bond donors (Lipinski definition) is 1. The van der Waals surface area contributed by atoms with Crippen molar-refractivity contribution >= 4 is 16.9 Å². The lowest BCUT2D eigenvalue weighted by Gasteiger charge is -2.07. The average molecular weight is 262 g/mol. The maximum Gasteiger partial charge on any atom is 0.336 e. The van der Waals surface area contributed by atoms with Gasteiger partial charge in [-0.05, 0) is 37.1 Å². The molecule has 1 heterocycles. The highest BCUT2D eigenvalue weighted by atomic mass is 16.5. The molecule has 0 fully saturated rings. The van der Waals surface area contributed by atoms with Crippen molar-refractivity contribution in [1.29, 1.82) is 0 Å². The highest BCUT2D eigenvalue weighted by Gasteiger charge is 2.08. The molecule has 0 bridgehead atoms. The number of benzene rings is 1. The van der Waals surface area contributed by atoms with E-state index in [1.54, 1.807) is 18.2 Å². The largest absolute Gasteiger partial charge is 0.494 e. The van der Waals surface area contributed by atoms with Crippen LogP contribution in [0.25, 0.3) is 11.0 Å². The Balaban J connectivity index is 2.49. The number of carboxylic acids is 1. The number of fused-ring (bicyclic) bond motifs is 1. The second kappa shape index (κ2) is 5.56. The van der Waals surface area contributed by atoms with Gasteiger partial charge in [0.05, 0.1) is 6.61 Å². The minimum atomic E-state index is -0.901. The molecule has 19 heavy (non-hydrogen) atoms. The molecule has 0 saturated carbocycles. The van der Waals surface area contributed by atoms with E-state index in [0.29, 0.717) is 28.9 Å². The lowest BCUT2D eigenvalue weighted by Crippen LogP contribution is -2.04. The first kappa shape index (κ1) is 13.1. The molecule has 0 spiro atoms. The molecule has 0 aliphatic rings. The summed E-state index contributed by atoms with van der Waals surface area (Å²) in [6.45, 7) is 2.41. The summed E-state index contributed by atoms with van der Waals surface area (Å²) in [6.07, 6.45) is 0.254. The SMILES string of the molecule is CCOc1ccc2oc(=O)cc(CCC(=O)O)c2c1. The molecule has 0 unspecified atom stereocenters. The third-order valence-electron chi connectivity index (χ3n) is 2.72. The minimum Gasteiger partial charge on any atom is -0.494 e. The van der Waals surface area contributed by atoms with E-state index in [2.05, 4.69) is 0 Å². The van der Waals surface area contributed by atoms with Gasteiger partial charge < -0.3 is 14.3 Å². The van der Waals surface area contributed by atoms with Crippen LogP contribution in [0, 0.1) is 0 Å². The lowest BCUT2D eigenvalue weighted by atomic mass is 10.1. The quantitative estimate of drug-likeness (QED) is 0.836. The van der Waals surface area contributed by atoms with Gasteiger partial charge in [0, 0.05) is 17.9 Å². The fourth-order valence-corrected chi connectivity index (χ4v) is 1.91. The summed E-state index contributed by atoms with van der Waals surface area (Å²) >= 11 is 0. The maximum absolute atomic E-state index is 11.4. The van der Waals surface area contributed by atoms with Gasteiger partial charge in [0.2, 0.25) is 0 Å². The van der Waals surface area contributed by atoms with Crippen LogP contribution in [0.15, 0.2) is 33.5 Å². The molecule has 0 aliphatic heterocycles. The summed E-state index contributed by atoms with van der Waals surface area (Å²) in [5.41, 5.74) is 0.628. The van der Waals surface area contributed by atoms with Crippen LogP contribution in [0.5, 0.6) is 5.75 Å². The average Bonchev–Trinajstić information content (AvgIpc) is 2.36. The fraction of sp³-hybridized carbons (Fsp3) is 0.286. The normalized spacial score (nSPS) is 10.6. The summed E-state index contributed by atoms with van der Waals surface area (Å²) < 4.78 is 10.5. The fourth-order valence-electron chi connectivity index (χ4n) is 1.91. The van der Waals surface area contributed by atoms with Crippen LogP contribution in [0.4, 0.5) is 0 Å². The van der Waals surface area contributed by atoms with E-state index in [0.717, 1.165) is 0 Å². The van der Waals surface area contributed by atoms with Crippen molar-refractivity contribution < 1.29 is 19.1 Å². The van der Waals surface area contributed by atoms with Crippen molar-refractivity contribution in [2.75, 3.05) is 6.61 Å². The van der Waals surface area contributed by atoms with Gasteiger partial charge in [-0.2, -0.15) is 0 Å². The molecule has 2 aromatic rings.